The van der Waals surface area contributed by atoms with Gasteiger partial charge >= 0.3 is 0 Å². The van der Waals surface area contributed by atoms with Crippen LogP contribution in [0.4, 0.5) is 5.69 Å². The molecule has 0 unspecified atom stereocenters. The highest BCUT2D eigenvalue weighted by Crippen LogP contribution is 2.31. The molecule has 0 saturated heterocycles. The maximum Gasteiger partial charge on any atom is 0.237 e. The number of carbonyl (C=O) groups is 1. The van der Waals surface area contributed by atoms with Crippen LogP contribution in [0.3, 0.4) is 0 Å². The molecule has 8 heteroatoms. The lowest BCUT2D eigenvalue weighted by Crippen LogP contribution is -2.33. The highest BCUT2D eigenvalue weighted by atomic mass is 32.2. The minimum atomic E-state index is -0.0487. The Balaban J connectivity index is 1.66. The Kier molecular flexibility index (Phi) is 6.01. The predicted molar refractivity (Wildman–Crippen MR) is 95.1 cm³/mol. The molecular weight excluding hydrogens is 336 g/mol. The van der Waals surface area contributed by atoms with Gasteiger partial charge in [-0.25, -0.2) is 4.68 Å². The number of hydrogen-bond acceptors (Lipinski definition) is 6. The molecule has 1 aliphatic rings. The Bertz CT molecular complexity index is 735. The predicted octanol–water partition coefficient (Wildman–Crippen LogP) is 2.83. The third-order valence-electron chi connectivity index (χ3n) is 4.27. The minimum absolute atomic E-state index is 0.0487. The first kappa shape index (κ1) is 17.4. The minimum Gasteiger partial charge on any atom is -0.311 e. The average Bonchev–Trinajstić information content (AvgIpc) is 3.32. The molecular formula is C17H20N6OS. The smallest absolute Gasteiger partial charge is 0.237 e. The van der Waals surface area contributed by atoms with Crippen LogP contribution in [-0.2, 0) is 4.79 Å². The number of benzene rings is 1. The van der Waals surface area contributed by atoms with Crippen molar-refractivity contribution in [3.05, 3.63) is 30.3 Å². The fraction of sp³-hybridized carbons (Fsp3) is 0.471. The molecule has 0 aliphatic heterocycles. The quantitative estimate of drug-likeness (QED) is 0.709. The molecule has 0 spiro atoms. The number of amides is 1. The molecule has 2 aromatic rings. The number of anilines is 1. The Morgan fingerprint density at radius 2 is 2.08 bits per heavy atom. The van der Waals surface area contributed by atoms with Crippen LogP contribution in [0.5, 0.6) is 0 Å². The Hall–Kier alpha value is -2.40. The second kappa shape index (κ2) is 8.62. The zero-order chi connectivity index (χ0) is 17.5. The highest BCUT2D eigenvalue weighted by Gasteiger charge is 2.23. The zero-order valence-electron chi connectivity index (χ0n) is 13.9. The second-order valence-electron chi connectivity index (χ2n) is 5.92. The summed E-state index contributed by atoms with van der Waals surface area (Å²) in [5.41, 5.74) is 0.804. The molecule has 0 atom stereocenters. The molecule has 0 N–H and O–H groups in total. The fourth-order valence-corrected chi connectivity index (χ4v) is 3.85. The molecule has 1 aliphatic carbocycles. The van der Waals surface area contributed by atoms with Gasteiger partial charge in [-0.3, -0.25) is 4.79 Å². The van der Waals surface area contributed by atoms with Crippen molar-refractivity contribution in [1.29, 1.82) is 5.26 Å². The standard InChI is InChI=1S/C17H20N6OS/c18-11-6-12-22(14-7-2-1-3-8-14)16(24)13-25-17-19-20-21-23(17)15-9-4-5-10-15/h1-3,7-8,15H,4-6,9-10,12-13H2. The topological polar surface area (TPSA) is 87.7 Å². The van der Waals surface area contributed by atoms with Gasteiger partial charge in [0.25, 0.3) is 0 Å². The van der Waals surface area contributed by atoms with Gasteiger partial charge in [-0.1, -0.05) is 42.8 Å². The zero-order valence-corrected chi connectivity index (χ0v) is 14.7. The molecule has 1 fully saturated rings. The van der Waals surface area contributed by atoms with Crippen molar-refractivity contribution < 1.29 is 4.79 Å². The van der Waals surface area contributed by atoms with Crippen molar-refractivity contribution in [2.75, 3.05) is 17.2 Å². The van der Waals surface area contributed by atoms with Gasteiger partial charge < -0.3 is 4.90 Å². The van der Waals surface area contributed by atoms with Crippen LogP contribution in [0.2, 0.25) is 0 Å². The van der Waals surface area contributed by atoms with Crippen LogP contribution in [0, 0.1) is 11.3 Å². The van der Waals surface area contributed by atoms with Gasteiger partial charge in [0.1, 0.15) is 0 Å². The van der Waals surface area contributed by atoms with Crippen LogP contribution < -0.4 is 4.90 Å². The number of nitriles is 1. The number of hydrogen-bond donors (Lipinski definition) is 0. The van der Waals surface area contributed by atoms with Gasteiger partial charge in [0.2, 0.25) is 11.1 Å². The lowest BCUT2D eigenvalue weighted by molar-refractivity contribution is -0.116. The first-order valence-electron chi connectivity index (χ1n) is 8.42. The van der Waals surface area contributed by atoms with E-state index in [0.717, 1.165) is 18.5 Å². The van der Waals surface area contributed by atoms with Crippen molar-refractivity contribution in [3.8, 4) is 6.07 Å². The summed E-state index contributed by atoms with van der Waals surface area (Å²) in [6.07, 6.45) is 4.87. The van der Waals surface area contributed by atoms with E-state index in [0.29, 0.717) is 24.2 Å². The van der Waals surface area contributed by atoms with E-state index in [-0.39, 0.29) is 11.7 Å². The molecule has 1 aromatic heterocycles. The highest BCUT2D eigenvalue weighted by molar-refractivity contribution is 7.99. The number of tetrazole rings is 1. The SMILES string of the molecule is N#CCCN(C(=O)CSc1nnnn1C1CCCC1)c1ccccc1. The maximum atomic E-state index is 12.7. The van der Waals surface area contributed by atoms with Crippen molar-refractivity contribution in [2.45, 2.75) is 43.3 Å². The Morgan fingerprint density at radius 1 is 1.32 bits per heavy atom. The van der Waals surface area contributed by atoms with E-state index in [2.05, 4.69) is 21.6 Å². The second-order valence-corrected chi connectivity index (χ2v) is 6.86. The van der Waals surface area contributed by atoms with Crippen LogP contribution in [-0.4, -0.2) is 38.4 Å². The monoisotopic (exact) mass is 356 g/mol. The number of carbonyl (C=O) groups excluding carboxylic acids is 1. The lowest BCUT2D eigenvalue weighted by Gasteiger charge is -2.21. The lowest BCUT2D eigenvalue weighted by atomic mass is 10.2. The molecule has 130 valence electrons. The average molecular weight is 356 g/mol. The largest absolute Gasteiger partial charge is 0.311 e. The van der Waals surface area contributed by atoms with E-state index in [1.807, 2.05) is 35.0 Å². The van der Waals surface area contributed by atoms with E-state index < -0.39 is 0 Å². The Labute approximate surface area is 151 Å². The molecule has 0 bridgehead atoms. The summed E-state index contributed by atoms with van der Waals surface area (Å²) in [4.78, 5) is 14.3. The normalized spacial score (nSPS) is 14.4. The molecule has 1 aromatic carbocycles. The Morgan fingerprint density at radius 3 is 2.80 bits per heavy atom. The van der Waals surface area contributed by atoms with Crippen LogP contribution in [0.15, 0.2) is 35.5 Å². The number of rotatable bonds is 7. The molecule has 1 amide bonds. The summed E-state index contributed by atoms with van der Waals surface area (Å²) in [6.45, 7) is 0.382. The van der Waals surface area contributed by atoms with Crippen molar-refractivity contribution >= 4 is 23.4 Å². The van der Waals surface area contributed by atoms with Crippen molar-refractivity contribution in [1.82, 2.24) is 20.2 Å². The van der Waals surface area contributed by atoms with Gasteiger partial charge in [-0.2, -0.15) is 5.26 Å². The third-order valence-corrected chi connectivity index (χ3v) is 5.19. The summed E-state index contributed by atoms with van der Waals surface area (Å²) in [6, 6.07) is 11.9. The third kappa shape index (κ3) is 4.37. The summed E-state index contributed by atoms with van der Waals surface area (Å²) in [7, 11) is 0. The number of thioether (sulfide) groups is 1. The molecule has 25 heavy (non-hydrogen) atoms. The van der Waals surface area contributed by atoms with Crippen LogP contribution in [0.1, 0.15) is 38.1 Å². The van der Waals surface area contributed by atoms with E-state index in [1.165, 1.54) is 24.6 Å². The van der Waals surface area contributed by atoms with E-state index >= 15 is 0 Å². The van der Waals surface area contributed by atoms with E-state index in [1.54, 1.807) is 4.90 Å². The van der Waals surface area contributed by atoms with Gasteiger partial charge in [0.15, 0.2) is 0 Å². The van der Waals surface area contributed by atoms with Gasteiger partial charge in [-0.05, 0) is 35.4 Å². The summed E-state index contributed by atoms with van der Waals surface area (Å²) in [5.74, 6) is 0.195. The first-order valence-corrected chi connectivity index (χ1v) is 9.41. The van der Waals surface area contributed by atoms with E-state index in [9.17, 15) is 4.79 Å². The maximum absolute atomic E-state index is 12.7. The number of nitrogens with zero attached hydrogens (tertiary/aromatic N) is 6. The van der Waals surface area contributed by atoms with Crippen molar-refractivity contribution in [3.63, 3.8) is 0 Å². The summed E-state index contributed by atoms with van der Waals surface area (Å²) >= 11 is 1.36. The van der Waals surface area contributed by atoms with Gasteiger partial charge in [-0.15, -0.1) is 5.10 Å². The first-order chi connectivity index (χ1) is 12.3. The van der Waals surface area contributed by atoms with Crippen LogP contribution in [0.25, 0.3) is 0 Å². The molecule has 0 radical (unpaired) electrons. The summed E-state index contributed by atoms with van der Waals surface area (Å²) < 4.78 is 1.85. The van der Waals surface area contributed by atoms with E-state index in [4.69, 9.17) is 5.26 Å². The summed E-state index contributed by atoms with van der Waals surface area (Å²) in [5, 5.41) is 21.5. The molecule has 7 nitrogen and oxygen atoms in total. The number of para-hydroxylation sites is 1. The van der Waals surface area contributed by atoms with Crippen molar-refractivity contribution in [2.24, 2.45) is 0 Å². The van der Waals surface area contributed by atoms with Gasteiger partial charge in [0, 0.05) is 12.2 Å². The van der Waals surface area contributed by atoms with Gasteiger partial charge in [0.05, 0.1) is 24.3 Å². The molecule has 1 saturated carbocycles. The molecule has 3 rings (SSSR count). The fourth-order valence-electron chi connectivity index (χ4n) is 3.03. The number of aromatic nitrogens is 4. The molecule has 1 heterocycles. The van der Waals surface area contributed by atoms with Crippen LogP contribution >= 0.6 is 11.8 Å².